The predicted octanol–water partition coefficient (Wildman–Crippen LogP) is 3.13. The molecule has 2 N–H and O–H groups in total. The number of rotatable bonds is 7. The summed E-state index contributed by atoms with van der Waals surface area (Å²) in [6.07, 6.45) is 0.947. The molecule has 1 heterocycles. The fraction of sp³-hybridized carbons (Fsp3) is 0.389. The van der Waals surface area contributed by atoms with Gasteiger partial charge in [0.2, 0.25) is 0 Å². The van der Waals surface area contributed by atoms with Crippen LogP contribution in [0.2, 0.25) is 0 Å². The first-order valence-electron chi connectivity index (χ1n) is 7.70. The minimum Gasteiger partial charge on any atom is -0.456 e. The quantitative estimate of drug-likeness (QED) is 0.826. The van der Waals surface area contributed by atoms with Gasteiger partial charge in [-0.1, -0.05) is 37.3 Å². The molecular weight excluding hydrogens is 278 g/mol. The molecule has 4 nitrogen and oxygen atoms in total. The maximum Gasteiger partial charge on any atom is 0.287 e. The lowest BCUT2D eigenvalue weighted by atomic mass is 9.93. The van der Waals surface area contributed by atoms with Gasteiger partial charge in [0, 0.05) is 18.9 Å². The van der Waals surface area contributed by atoms with Gasteiger partial charge in [-0.05, 0) is 31.0 Å². The van der Waals surface area contributed by atoms with Crippen LogP contribution in [0.4, 0.5) is 0 Å². The number of aliphatic hydroxyl groups excluding tert-OH is 1. The van der Waals surface area contributed by atoms with Crippen molar-refractivity contribution in [3.05, 3.63) is 59.5 Å². The van der Waals surface area contributed by atoms with Crippen molar-refractivity contribution in [3.63, 3.8) is 0 Å². The first-order chi connectivity index (χ1) is 10.6. The van der Waals surface area contributed by atoms with E-state index < -0.39 is 6.10 Å². The number of nitrogens with one attached hydrogen (secondary N) is 1. The van der Waals surface area contributed by atoms with Crippen LogP contribution in [0, 0.1) is 0 Å². The number of carbonyl (C=O) groups excluding carboxylic acids is 1. The van der Waals surface area contributed by atoms with Gasteiger partial charge in [-0.15, -0.1) is 0 Å². The predicted molar refractivity (Wildman–Crippen MR) is 85.9 cm³/mol. The third-order valence-corrected chi connectivity index (χ3v) is 3.64. The monoisotopic (exact) mass is 301 g/mol. The minimum absolute atomic E-state index is 0.0748. The summed E-state index contributed by atoms with van der Waals surface area (Å²) < 4.78 is 5.45. The average molecular weight is 301 g/mol. The normalized spacial score (nSPS) is 13.6. The van der Waals surface area contributed by atoms with Crippen LogP contribution >= 0.6 is 0 Å². The fourth-order valence-electron chi connectivity index (χ4n) is 2.47. The number of hydrogen-bond donors (Lipinski definition) is 2. The van der Waals surface area contributed by atoms with Gasteiger partial charge >= 0.3 is 0 Å². The molecule has 2 atom stereocenters. The Kier molecular flexibility index (Phi) is 5.78. The molecule has 1 aromatic carbocycles. The van der Waals surface area contributed by atoms with E-state index in [2.05, 4.69) is 5.32 Å². The maximum atomic E-state index is 12.1. The van der Waals surface area contributed by atoms with Crippen LogP contribution in [0.25, 0.3) is 0 Å². The Balaban J connectivity index is 2.00. The summed E-state index contributed by atoms with van der Waals surface area (Å²) >= 11 is 0. The van der Waals surface area contributed by atoms with Gasteiger partial charge in [0.1, 0.15) is 5.76 Å². The topological polar surface area (TPSA) is 62.5 Å². The Bertz CT molecular complexity index is 589. The van der Waals surface area contributed by atoms with Crippen molar-refractivity contribution >= 4 is 5.91 Å². The van der Waals surface area contributed by atoms with Crippen molar-refractivity contribution in [2.45, 2.75) is 38.7 Å². The Hall–Kier alpha value is -2.07. The van der Waals surface area contributed by atoms with E-state index in [-0.39, 0.29) is 11.8 Å². The van der Waals surface area contributed by atoms with Crippen molar-refractivity contribution in [3.8, 4) is 0 Å². The molecule has 4 heteroatoms. The van der Waals surface area contributed by atoms with Gasteiger partial charge in [-0.3, -0.25) is 4.79 Å². The molecule has 0 saturated carbocycles. The van der Waals surface area contributed by atoms with Crippen LogP contribution < -0.4 is 5.32 Å². The zero-order valence-electron chi connectivity index (χ0n) is 13.1. The van der Waals surface area contributed by atoms with Crippen molar-refractivity contribution in [2.75, 3.05) is 6.54 Å². The molecule has 1 amide bonds. The van der Waals surface area contributed by atoms with Gasteiger partial charge in [0.05, 0.1) is 6.10 Å². The third kappa shape index (κ3) is 4.46. The van der Waals surface area contributed by atoms with Crippen molar-refractivity contribution in [1.82, 2.24) is 5.32 Å². The molecule has 0 fully saturated rings. The zero-order chi connectivity index (χ0) is 15.9. The average Bonchev–Trinajstić information content (AvgIpc) is 3.01. The number of benzene rings is 1. The van der Waals surface area contributed by atoms with Crippen molar-refractivity contribution in [2.24, 2.45) is 0 Å². The molecule has 22 heavy (non-hydrogen) atoms. The third-order valence-electron chi connectivity index (χ3n) is 3.64. The number of amides is 1. The molecule has 2 unspecified atom stereocenters. The largest absolute Gasteiger partial charge is 0.456 e. The van der Waals surface area contributed by atoms with E-state index in [0.717, 1.165) is 17.7 Å². The van der Waals surface area contributed by atoms with Crippen LogP contribution in [0.3, 0.4) is 0 Å². The second kappa shape index (κ2) is 7.80. The summed E-state index contributed by atoms with van der Waals surface area (Å²) in [4.78, 5) is 12.1. The van der Waals surface area contributed by atoms with Crippen LogP contribution in [-0.2, 0) is 6.42 Å². The van der Waals surface area contributed by atoms with Crippen LogP contribution in [0.1, 0.15) is 48.1 Å². The highest BCUT2D eigenvalue weighted by molar-refractivity contribution is 5.91. The lowest BCUT2D eigenvalue weighted by Gasteiger charge is -2.19. The Labute approximate surface area is 131 Å². The zero-order valence-corrected chi connectivity index (χ0v) is 13.1. The molecule has 2 aromatic rings. The number of aryl methyl sites for hydroxylation is 1. The van der Waals surface area contributed by atoms with Crippen molar-refractivity contribution < 1.29 is 14.3 Å². The number of carbonyl (C=O) groups is 1. The molecule has 0 aliphatic carbocycles. The van der Waals surface area contributed by atoms with Gasteiger partial charge < -0.3 is 14.8 Å². The van der Waals surface area contributed by atoms with E-state index in [0.29, 0.717) is 18.7 Å². The van der Waals surface area contributed by atoms with Crippen LogP contribution in [0.15, 0.2) is 46.9 Å². The molecule has 1 aromatic heterocycles. The van der Waals surface area contributed by atoms with E-state index in [4.69, 9.17) is 4.42 Å². The number of hydrogen-bond acceptors (Lipinski definition) is 3. The molecule has 0 aliphatic rings. The first-order valence-corrected chi connectivity index (χ1v) is 7.70. The van der Waals surface area contributed by atoms with E-state index in [9.17, 15) is 9.90 Å². The lowest BCUT2D eigenvalue weighted by Crippen LogP contribution is -2.29. The first kappa shape index (κ1) is 16.3. The Morgan fingerprint density at radius 2 is 1.95 bits per heavy atom. The highest BCUT2D eigenvalue weighted by Crippen LogP contribution is 2.20. The molecule has 0 spiro atoms. The van der Waals surface area contributed by atoms with Gasteiger partial charge in [0.25, 0.3) is 5.91 Å². The van der Waals surface area contributed by atoms with Gasteiger partial charge in [0.15, 0.2) is 5.76 Å². The Morgan fingerprint density at radius 1 is 1.23 bits per heavy atom. The molecule has 0 bridgehead atoms. The summed E-state index contributed by atoms with van der Waals surface area (Å²) in [7, 11) is 0. The summed E-state index contributed by atoms with van der Waals surface area (Å²) in [6.45, 7) is 4.21. The van der Waals surface area contributed by atoms with Crippen LogP contribution in [0.5, 0.6) is 0 Å². The standard InChI is InChI=1S/C18H23NO3/c1-3-16-9-10-17(22-16)18(21)19-12-15(11-13(2)20)14-7-5-4-6-8-14/h4-10,13,15,20H,3,11-12H2,1-2H3,(H,19,21). The second-order valence-corrected chi connectivity index (χ2v) is 5.52. The number of aliphatic hydroxyl groups is 1. The smallest absolute Gasteiger partial charge is 0.287 e. The highest BCUT2D eigenvalue weighted by Gasteiger charge is 2.17. The van der Waals surface area contributed by atoms with E-state index >= 15 is 0 Å². The van der Waals surface area contributed by atoms with E-state index in [1.54, 1.807) is 13.0 Å². The Morgan fingerprint density at radius 3 is 2.55 bits per heavy atom. The fourth-order valence-corrected chi connectivity index (χ4v) is 2.47. The summed E-state index contributed by atoms with van der Waals surface area (Å²) in [5.74, 6) is 0.992. The van der Waals surface area contributed by atoms with Crippen molar-refractivity contribution in [1.29, 1.82) is 0 Å². The molecule has 0 radical (unpaired) electrons. The van der Waals surface area contributed by atoms with Gasteiger partial charge in [-0.25, -0.2) is 0 Å². The van der Waals surface area contributed by atoms with Gasteiger partial charge in [-0.2, -0.15) is 0 Å². The summed E-state index contributed by atoms with van der Waals surface area (Å²) in [5.41, 5.74) is 1.11. The highest BCUT2D eigenvalue weighted by atomic mass is 16.3. The second-order valence-electron chi connectivity index (χ2n) is 5.52. The summed E-state index contributed by atoms with van der Waals surface area (Å²) in [6, 6.07) is 13.4. The lowest BCUT2D eigenvalue weighted by molar-refractivity contribution is 0.0916. The molecule has 0 aliphatic heterocycles. The SMILES string of the molecule is CCc1ccc(C(=O)NCC(CC(C)O)c2ccccc2)o1. The van der Waals surface area contributed by atoms with E-state index in [1.807, 2.05) is 43.3 Å². The van der Waals surface area contributed by atoms with Crippen LogP contribution in [-0.4, -0.2) is 23.7 Å². The summed E-state index contributed by atoms with van der Waals surface area (Å²) in [5, 5.41) is 12.6. The maximum absolute atomic E-state index is 12.1. The van der Waals surface area contributed by atoms with E-state index in [1.165, 1.54) is 0 Å². The molecule has 0 saturated heterocycles. The molecular formula is C18H23NO3. The minimum atomic E-state index is -0.419. The molecule has 118 valence electrons. The number of furan rings is 1. The molecule has 2 rings (SSSR count).